The molecule has 0 fully saturated rings. The molecule has 0 spiro atoms. The number of anilines is 1. The Kier molecular flexibility index (Phi) is 6.17. The fraction of sp³-hybridized carbons (Fsp3) is 0.562. The van der Waals surface area contributed by atoms with Crippen molar-refractivity contribution in [2.45, 2.75) is 39.7 Å². The predicted molar refractivity (Wildman–Crippen MR) is 84.8 cm³/mol. The van der Waals surface area contributed by atoms with Gasteiger partial charge in [-0.05, 0) is 44.5 Å². The third kappa shape index (κ3) is 4.32. The van der Waals surface area contributed by atoms with Crippen molar-refractivity contribution >= 4 is 11.6 Å². The molecule has 1 rings (SSSR count). The van der Waals surface area contributed by atoms with E-state index >= 15 is 0 Å². The van der Waals surface area contributed by atoms with Gasteiger partial charge in [-0.15, -0.1) is 0 Å². The van der Waals surface area contributed by atoms with Crippen LogP contribution in [-0.2, 0) is 4.79 Å². The van der Waals surface area contributed by atoms with Gasteiger partial charge in [0.15, 0.2) is 0 Å². The van der Waals surface area contributed by atoms with Crippen molar-refractivity contribution in [3.8, 4) is 0 Å². The van der Waals surface area contributed by atoms with E-state index in [1.54, 1.807) is 0 Å². The number of carbonyl (C=O) groups excluding carboxylic acids is 1. The number of hydrogen-bond donors (Lipinski definition) is 2. The standard InChI is InChI=1S/C16H27N3O/c1-5-16(4,12-17)19(6-2)11-15(20)18-14-9-7-8-13(3)10-14/h7-10H,5-6,11-12,17H2,1-4H3,(H,18,20). The highest BCUT2D eigenvalue weighted by Gasteiger charge is 2.28. The van der Waals surface area contributed by atoms with Crippen LogP contribution in [0.25, 0.3) is 0 Å². The van der Waals surface area contributed by atoms with Crippen LogP contribution in [0.2, 0.25) is 0 Å². The maximum absolute atomic E-state index is 12.2. The molecule has 1 unspecified atom stereocenters. The maximum Gasteiger partial charge on any atom is 0.238 e. The van der Waals surface area contributed by atoms with Crippen LogP contribution in [0, 0.1) is 6.92 Å². The van der Waals surface area contributed by atoms with Gasteiger partial charge in [-0.3, -0.25) is 9.69 Å². The minimum atomic E-state index is -0.126. The predicted octanol–water partition coefficient (Wildman–Crippen LogP) is 2.38. The molecular formula is C16H27N3O. The van der Waals surface area contributed by atoms with Crippen molar-refractivity contribution in [1.82, 2.24) is 4.90 Å². The Morgan fingerprint density at radius 2 is 2.10 bits per heavy atom. The van der Waals surface area contributed by atoms with Crippen LogP contribution < -0.4 is 11.1 Å². The number of rotatable bonds is 7. The highest BCUT2D eigenvalue weighted by atomic mass is 16.2. The van der Waals surface area contributed by atoms with Crippen LogP contribution in [-0.4, -0.2) is 36.0 Å². The van der Waals surface area contributed by atoms with Gasteiger partial charge in [0.2, 0.25) is 5.91 Å². The van der Waals surface area contributed by atoms with E-state index in [1.807, 2.05) is 31.2 Å². The van der Waals surface area contributed by atoms with Gasteiger partial charge >= 0.3 is 0 Å². The lowest BCUT2D eigenvalue weighted by Crippen LogP contribution is -2.53. The van der Waals surface area contributed by atoms with E-state index in [4.69, 9.17) is 5.73 Å². The largest absolute Gasteiger partial charge is 0.329 e. The van der Waals surface area contributed by atoms with E-state index in [9.17, 15) is 4.79 Å². The summed E-state index contributed by atoms with van der Waals surface area (Å²) < 4.78 is 0. The first-order valence-corrected chi connectivity index (χ1v) is 7.26. The Morgan fingerprint density at radius 3 is 2.60 bits per heavy atom. The first kappa shape index (κ1) is 16.7. The Balaban J connectivity index is 2.68. The van der Waals surface area contributed by atoms with Crippen molar-refractivity contribution in [1.29, 1.82) is 0 Å². The van der Waals surface area contributed by atoms with Gasteiger partial charge in [0.1, 0.15) is 0 Å². The molecule has 0 saturated heterocycles. The third-order valence-corrected chi connectivity index (χ3v) is 3.98. The number of hydrogen-bond acceptors (Lipinski definition) is 3. The lowest BCUT2D eigenvalue weighted by Gasteiger charge is -2.39. The first-order chi connectivity index (χ1) is 9.45. The second-order valence-electron chi connectivity index (χ2n) is 5.49. The Labute approximate surface area is 122 Å². The van der Waals surface area contributed by atoms with Crippen molar-refractivity contribution < 1.29 is 4.79 Å². The van der Waals surface area contributed by atoms with E-state index in [2.05, 4.69) is 31.0 Å². The van der Waals surface area contributed by atoms with Gasteiger partial charge in [0.05, 0.1) is 6.54 Å². The van der Waals surface area contributed by atoms with Gasteiger partial charge in [0.25, 0.3) is 0 Å². The number of carbonyl (C=O) groups is 1. The van der Waals surface area contributed by atoms with Gasteiger partial charge < -0.3 is 11.1 Å². The molecule has 0 saturated carbocycles. The molecule has 0 heterocycles. The van der Waals surface area contributed by atoms with Crippen LogP contribution in [0.4, 0.5) is 5.69 Å². The van der Waals surface area contributed by atoms with Crippen LogP contribution in [0.5, 0.6) is 0 Å². The summed E-state index contributed by atoms with van der Waals surface area (Å²) in [5, 5.41) is 2.95. The molecular weight excluding hydrogens is 250 g/mol. The van der Waals surface area contributed by atoms with E-state index in [0.717, 1.165) is 24.2 Å². The van der Waals surface area contributed by atoms with E-state index in [1.165, 1.54) is 0 Å². The highest BCUT2D eigenvalue weighted by molar-refractivity contribution is 5.92. The van der Waals surface area contributed by atoms with Crippen LogP contribution in [0.1, 0.15) is 32.8 Å². The summed E-state index contributed by atoms with van der Waals surface area (Å²) in [5.41, 5.74) is 7.72. The Hall–Kier alpha value is -1.39. The molecule has 4 nitrogen and oxygen atoms in total. The molecule has 1 aromatic rings. The second-order valence-corrected chi connectivity index (χ2v) is 5.49. The quantitative estimate of drug-likeness (QED) is 0.804. The first-order valence-electron chi connectivity index (χ1n) is 7.26. The number of nitrogens with two attached hydrogens (primary N) is 1. The molecule has 0 aromatic heterocycles. The SMILES string of the molecule is CCN(CC(=O)Nc1cccc(C)c1)C(C)(CC)CN. The molecule has 20 heavy (non-hydrogen) atoms. The smallest absolute Gasteiger partial charge is 0.238 e. The minimum absolute atomic E-state index is 0.00516. The third-order valence-electron chi connectivity index (χ3n) is 3.98. The van der Waals surface area contributed by atoms with Crippen molar-refractivity contribution in [3.63, 3.8) is 0 Å². The summed E-state index contributed by atoms with van der Waals surface area (Å²) in [4.78, 5) is 14.3. The van der Waals surface area contributed by atoms with E-state index in [-0.39, 0.29) is 11.4 Å². The van der Waals surface area contributed by atoms with Gasteiger partial charge in [-0.1, -0.05) is 26.0 Å². The second kappa shape index (κ2) is 7.41. The van der Waals surface area contributed by atoms with Gasteiger partial charge in [-0.25, -0.2) is 0 Å². The zero-order valence-corrected chi connectivity index (χ0v) is 13.1. The lowest BCUT2D eigenvalue weighted by atomic mass is 9.96. The Morgan fingerprint density at radius 1 is 1.40 bits per heavy atom. The number of likely N-dealkylation sites (N-methyl/N-ethyl adjacent to an activating group) is 1. The number of nitrogens with zero attached hydrogens (tertiary/aromatic N) is 1. The maximum atomic E-state index is 12.2. The molecule has 3 N–H and O–H groups in total. The number of nitrogens with one attached hydrogen (secondary N) is 1. The fourth-order valence-electron chi connectivity index (χ4n) is 2.28. The zero-order chi connectivity index (χ0) is 15.2. The summed E-state index contributed by atoms with van der Waals surface area (Å²) >= 11 is 0. The number of amides is 1. The number of aryl methyl sites for hydroxylation is 1. The summed E-state index contributed by atoms with van der Waals surface area (Å²) in [6.07, 6.45) is 0.926. The topological polar surface area (TPSA) is 58.4 Å². The molecule has 112 valence electrons. The molecule has 4 heteroatoms. The zero-order valence-electron chi connectivity index (χ0n) is 13.1. The van der Waals surface area contributed by atoms with Crippen LogP contribution >= 0.6 is 0 Å². The summed E-state index contributed by atoms with van der Waals surface area (Å²) in [7, 11) is 0. The molecule has 0 aliphatic carbocycles. The summed E-state index contributed by atoms with van der Waals surface area (Å²) in [5.74, 6) is 0.00516. The van der Waals surface area contributed by atoms with E-state index < -0.39 is 0 Å². The highest BCUT2D eigenvalue weighted by Crippen LogP contribution is 2.18. The number of benzene rings is 1. The van der Waals surface area contributed by atoms with Crippen molar-refractivity contribution in [3.05, 3.63) is 29.8 Å². The molecule has 0 aliphatic heterocycles. The molecule has 0 radical (unpaired) electrons. The van der Waals surface area contributed by atoms with Gasteiger partial charge in [-0.2, -0.15) is 0 Å². The average Bonchev–Trinajstić information content (AvgIpc) is 2.44. The molecule has 0 aliphatic rings. The monoisotopic (exact) mass is 277 g/mol. The Bertz CT molecular complexity index is 441. The van der Waals surface area contributed by atoms with Crippen LogP contribution in [0.15, 0.2) is 24.3 Å². The lowest BCUT2D eigenvalue weighted by molar-refractivity contribution is -0.118. The van der Waals surface area contributed by atoms with Crippen molar-refractivity contribution in [2.24, 2.45) is 5.73 Å². The normalized spacial score (nSPS) is 14.1. The van der Waals surface area contributed by atoms with Crippen molar-refractivity contribution in [2.75, 3.05) is 25.0 Å². The molecule has 1 amide bonds. The minimum Gasteiger partial charge on any atom is -0.329 e. The average molecular weight is 277 g/mol. The van der Waals surface area contributed by atoms with Gasteiger partial charge in [0, 0.05) is 17.8 Å². The summed E-state index contributed by atoms with van der Waals surface area (Å²) in [6, 6.07) is 7.83. The summed E-state index contributed by atoms with van der Waals surface area (Å²) in [6.45, 7) is 10.0. The fourth-order valence-corrected chi connectivity index (χ4v) is 2.28. The molecule has 0 bridgehead atoms. The molecule has 1 aromatic carbocycles. The van der Waals surface area contributed by atoms with E-state index in [0.29, 0.717) is 13.1 Å². The molecule has 1 atom stereocenters. The van der Waals surface area contributed by atoms with Crippen LogP contribution in [0.3, 0.4) is 0 Å².